The van der Waals surface area contributed by atoms with Crippen LogP contribution in [0, 0.1) is 0 Å². The molecule has 100 valence electrons. The van der Waals surface area contributed by atoms with E-state index in [0.29, 0.717) is 25.5 Å². The topological polar surface area (TPSA) is 47.6 Å². The molecule has 0 saturated carbocycles. The first-order valence-electron chi connectivity index (χ1n) is 5.87. The Morgan fingerprint density at radius 2 is 2.06 bits per heavy atom. The number of nitrogens with one attached hydrogen (secondary N) is 1. The maximum Gasteiger partial charge on any atom is 0.230 e. The molecule has 0 aliphatic rings. The van der Waals surface area contributed by atoms with Gasteiger partial charge in [-0.15, -0.1) is 11.8 Å². The van der Waals surface area contributed by atoms with E-state index in [4.69, 9.17) is 9.47 Å². The molecule has 0 bridgehead atoms. The van der Waals surface area contributed by atoms with Crippen molar-refractivity contribution in [2.75, 3.05) is 32.6 Å². The highest BCUT2D eigenvalue weighted by Gasteiger charge is 2.02. The van der Waals surface area contributed by atoms with Gasteiger partial charge < -0.3 is 14.8 Å². The molecule has 5 heteroatoms. The van der Waals surface area contributed by atoms with Gasteiger partial charge in [0.25, 0.3) is 0 Å². The van der Waals surface area contributed by atoms with Crippen LogP contribution in [0.1, 0.15) is 6.92 Å². The first kappa shape index (κ1) is 14.9. The molecule has 4 nitrogen and oxygen atoms in total. The van der Waals surface area contributed by atoms with Gasteiger partial charge in [0.05, 0.1) is 19.0 Å². The molecule has 0 aromatic heterocycles. The minimum atomic E-state index is 0.0194. The molecule has 1 rings (SSSR count). The van der Waals surface area contributed by atoms with E-state index in [9.17, 15) is 4.79 Å². The second kappa shape index (κ2) is 8.83. The molecule has 0 saturated heterocycles. The number of ether oxygens (including phenoxy) is 2. The molecule has 1 aromatic carbocycles. The van der Waals surface area contributed by atoms with Crippen molar-refractivity contribution in [3.05, 3.63) is 24.3 Å². The lowest BCUT2D eigenvalue weighted by atomic mass is 10.3. The van der Waals surface area contributed by atoms with Crippen LogP contribution in [-0.2, 0) is 9.53 Å². The number of thioether (sulfide) groups is 1. The fourth-order valence-corrected chi connectivity index (χ4v) is 2.02. The Bertz CT molecular complexity index is 354. The SMILES string of the molecule is CCOc1ccc(SCC(=O)NCCOC)cc1. The van der Waals surface area contributed by atoms with Crippen molar-refractivity contribution < 1.29 is 14.3 Å². The summed E-state index contributed by atoms with van der Waals surface area (Å²) >= 11 is 1.50. The van der Waals surface area contributed by atoms with Crippen molar-refractivity contribution in [2.24, 2.45) is 0 Å². The molecule has 1 amide bonds. The van der Waals surface area contributed by atoms with Gasteiger partial charge in [-0.2, -0.15) is 0 Å². The van der Waals surface area contributed by atoms with Gasteiger partial charge in [-0.25, -0.2) is 0 Å². The van der Waals surface area contributed by atoms with Crippen molar-refractivity contribution in [1.29, 1.82) is 0 Å². The Balaban J connectivity index is 2.27. The van der Waals surface area contributed by atoms with Crippen LogP contribution < -0.4 is 10.1 Å². The van der Waals surface area contributed by atoms with Gasteiger partial charge in [0.2, 0.25) is 5.91 Å². The zero-order chi connectivity index (χ0) is 13.2. The third-order valence-corrected chi connectivity index (χ3v) is 3.15. The van der Waals surface area contributed by atoms with Crippen LogP contribution in [-0.4, -0.2) is 38.5 Å². The normalized spacial score (nSPS) is 10.1. The lowest BCUT2D eigenvalue weighted by Crippen LogP contribution is -2.28. The van der Waals surface area contributed by atoms with Gasteiger partial charge in [-0.3, -0.25) is 4.79 Å². The van der Waals surface area contributed by atoms with E-state index in [0.717, 1.165) is 10.6 Å². The summed E-state index contributed by atoms with van der Waals surface area (Å²) in [7, 11) is 1.61. The number of hydrogen-bond acceptors (Lipinski definition) is 4. The quantitative estimate of drug-likeness (QED) is 0.579. The highest BCUT2D eigenvalue weighted by atomic mass is 32.2. The lowest BCUT2D eigenvalue weighted by Gasteiger charge is -2.06. The number of rotatable bonds is 8. The molecule has 1 N–H and O–H groups in total. The fourth-order valence-electron chi connectivity index (χ4n) is 1.29. The largest absolute Gasteiger partial charge is 0.494 e. The number of carbonyl (C=O) groups is 1. The molecular weight excluding hydrogens is 250 g/mol. The number of carbonyl (C=O) groups excluding carboxylic acids is 1. The summed E-state index contributed by atoms with van der Waals surface area (Å²) in [4.78, 5) is 12.5. The van der Waals surface area contributed by atoms with E-state index >= 15 is 0 Å². The number of hydrogen-bond donors (Lipinski definition) is 1. The molecule has 0 spiro atoms. The highest BCUT2D eigenvalue weighted by molar-refractivity contribution is 8.00. The Morgan fingerprint density at radius 3 is 2.67 bits per heavy atom. The van der Waals surface area contributed by atoms with Crippen molar-refractivity contribution in [3.8, 4) is 5.75 Å². The van der Waals surface area contributed by atoms with Crippen molar-refractivity contribution in [1.82, 2.24) is 5.32 Å². The van der Waals surface area contributed by atoms with E-state index < -0.39 is 0 Å². The van der Waals surface area contributed by atoms with E-state index in [2.05, 4.69) is 5.32 Å². The molecule has 18 heavy (non-hydrogen) atoms. The van der Waals surface area contributed by atoms with Gasteiger partial charge >= 0.3 is 0 Å². The van der Waals surface area contributed by atoms with Crippen LogP contribution in [0.4, 0.5) is 0 Å². The highest BCUT2D eigenvalue weighted by Crippen LogP contribution is 2.21. The molecule has 0 atom stereocenters. The van der Waals surface area contributed by atoms with Crippen LogP contribution in [0.3, 0.4) is 0 Å². The Kier molecular flexibility index (Phi) is 7.29. The van der Waals surface area contributed by atoms with E-state index in [1.807, 2.05) is 31.2 Å². The third-order valence-electron chi connectivity index (χ3n) is 2.13. The molecule has 1 aromatic rings. The van der Waals surface area contributed by atoms with Crippen molar-refractivity contribution in [2.45, 2.75) is 11.8 Å². The predicted octanol–water partition coefficient (Wildman–Crippen LogP) is 1.94. The molecule has 0 aliphatic heterocycles. The first-order valence-corrected chi connectivity index (χ1v) is 6.86. The van der Waals surface area contributed by atoms with Crippen LogP contribution in [0.2, 0.25) is 0 Å². The molecule has 0 unspecified atom stereocenters. The minimum Gasteiger partial charge on any atom is -0.494 e. The van der Waals surface area contributed by atoms with E-state index in [1.54, 1.807) is 7.11 Å². The Morgan fingerprint density at radius 1 is 1.33 bits per heavy atom. The molecular formula is C13H19NO3S. The van der Waals surface area contributed by atoms with Crippen molar-refractivity contribution in [3.63, 3.8) is 0 Å². The van der Waals surface area contributed by atoms with E-state index in [-0.39, 0.29) is 5.91 Å². The number of amides is 1. The molecule has 0 aliphatic carbocycles. The van der Waals surface area contributed by atoms with Crippen LogP contribution in [0.5, 0.6) is 5.75 Å². The summed E-state index contributed by atoms with van der Waals surface area (Å²) in [6.07, 6.45) is 0. The summed E-state index contributed by atoms with van der Waals surface area (Å²) < 4.78 is 10.2. The van der Waals surface area contributed by atoms with Crippen LogP contribution in [0.15, 0.2) is 29.2 Å². The zero-order valence-corrected chi connectivity index (χ0v) is 11.6. The summed E-state index contributed by atoms with van der Waals surface area (Å²) in [6, 6.07) is 7.74. The standard InChI is InChI=1S/C13H19NO3S/c1-3-17-11-4-6-12(7-5-11)18-10-13(15)14-8-9-16-2/h4-7H,3,8-10H2,1-2H3,(H,14,15). The van der Waals surface area contributed by atoms with Crippen molar-refractivity contribution >= 4 is 17.7 Å². The fraction of sp³-hybridized carbons (Fsp3) is 0.462. The first-order chi connectivity index (χ1) is 8.76. The maximum atomic E-state index is 11.4. The second-order valence-electron chi connectivity index (χ2n) is 3.54. The summed E-state index contributed by atoms with van der Waals surface area (Å²) in [5.74, 6) is 1.29. The molecule has 0 radical (unpaired) electrons. The molecule has 0 fully saturated rings. The summed E-state index contributed by atoms with van der Waals surface area (Å²) in [5.41, 5.74) is 0. The summed E-state index contributed by atoms with van der Waals surface area (Å²) in [5, 5.41) is 2.78. The predicted molar refractivity (Wildman–Crippen MR) is 73.2 cm³/mol. The van der Waals surface area contributed by atoms with Crippen LogP contribution >= 0.6 is 11.8 Å². The van der Waals surface area contributed by atoms with Gasteiger partial charge in [-0.05, 0) is 31.2 Å². The average molecular weight is 269 g/mol. The minimum absolute atomic E-state index is 0.0194. The zero-order valence-electron chi connectivity index (χ0n) is 10.8. The van der Waals surface area contributed by atoms with Gasteiger partial charge in [-0.1, -0.05) is 0 Å². The van der Waals surface area contributed by atoms with Gasteiger partial charge in [0.1, 0.15) is 5.75 Å². The number of methoxy groups -OCH3 is 1. The smallest absolute Gasteiger partial charge is 0.230 e. The monoisotopic (exact) mass is 269 g/mol. The number of benzene rings is 1. The third kappa shape index (κ3) is 5.93. The van der Waals surface area contributed by atoms with Gasteiger partial charge in [0.15, 0.2) is 0 Å². The maximum absolute atomic E-state index is 11.4. The van der Waals surface area contributed by atoms with E-state index in [1.165, 1.54) is 11.8 Å². The van der Waals surface area contributed by atoms with Crippen LogP contribution in [0.25, 0.3) is 0 Å². The van der Waals surface area contributed by atoms with Gasteiger partial charge in [0, 0.05) is 18.6 Å². The lowest BCUT2D eigenvalue weighted by molar-refractivity contribution is -0.118. The summed E-state index contributed by atoms with van der Waals surface area (Å²) in [6.45, 7) is 3.71. The second-order valence-corrected chi connectivity index (χ2v) is 4.58. The Hall–Kier alpha value is -1.20. The average Bonchev–Trinajstić information content (AvgIpc) is 2.39. The molecule has 0 heterocycles. The Labute approximate surface area is 112 Å².